The van der Waals surface area contributed by atoms with Crippen LogP contribution >= 0.6 is 24.8 Å². The smallest absolute Gasteiger partial charge is 0.276 e. The van der Waals surface area contributed by atoms with Crippen molar-refractivity contribution in [2.45, 2.75) is 50.7 Å². The average molecular weight is 449 g/mol. The zero-order valence-electron chi connectivity index (χ0n) is 17.0. The number of nitrogens with one attached hydrogen (secondary N) is 1. The molecule has 2 bridgehead atoms. The van der Waals surface area contributed by atoms with Gasteiger partial charge in [-0.15, -0.1) is 29.9 Å². The molecule has 2 aliphatic rings. The van der Waals surface area contributed by atoms with E-state index in [2.05, 4.69) is 20.6 Å². The van der Waals surface area contributed by atoms with Crippen LogP contribution in [0.4, 0.5) is 0 Å². The van der Waals surface area contributed by atoms with E-state index in [1.165, 1.54) is 12.8 Å². The Hall–Kier alpha value is -2.22. The van der Waals surface area contributed by atoms with E-state index in [1.54, 1.807) is 10.9 Å². The largest absolute Gasteiger partial charge is 0.337 e. The Morgan fingerprint density at radius 2 is 1.90 bits per heavy atom. The van der Waals surface area contributed by atoms with E-state index in [1.807, 2.05) is 49.3 Å². The van der Waals surface area contributed by atoms with Crippen molar-refractivity contribution in [3.05, 3.63) is 48.0 Å². The van der Waals surface area contributed by atoms with E-state index in [0.29, 0.717) is 17.8 Å². The standard InChI is InChI=1S/C21H24N6O.2ClH/c1-13-20(21(28)26(2)17-10-15-6-7-16(11-17)23-15)24-25-27(13)19-5-3-4-14-12-22-9-8-18(14)19;;/h3-5,8-9,12,15-17,23H,6-7,10-11H2,1-2H3;2*1H. The van der Waals surface area contributed by atoms with E-state index in [9.17, 15) is 4.79 Å². The van der Waals surface area contributed by atoms with Crippen molar-refractivity contribution in [2.24, 2.45) is 0 Å². The number of piperidine rings is 1. The lowest BCUT2D eigenvalue weighted by molar-refractivity contribution is 0.0675. The molecule has 2 aromatic heterocycles. The van der Waals surface area contributed by atoms with E-state index in [4.69, 9.17) is 0 Å². The van der Waals surface area contributed by atoms with Gasteiger partial charge in [-0.25, -0.2) is 4.68 Å². The van der Waals surface area contributed by atoms with Gasteiger partial charge in [-0.2, -0.15) is 0 Å². The second-order valence-corrected chi connectivity index (χ2v) is 7.99. The predicted molar refractivity (Wildman–Crippen MR) is 121 cm³/mol. The van der Waals surface area contributed by atoms with E-state index < -0.39 is 0 Å². The fourth-order valence-corrected chi connectivity index (χ4v) is 4.72. The van der Waals surface area contributed by atoms with Crippen molar-refractivity contribution in [3.63, 3.8) is 0 Å². The van der Waals surface area contributed by atoms with Crippen molar-refractivity contribution in [1.82, 2.24) is 30.2 Å². The zero-order valence-corrected chi connectivity index (χ0v) is 18.6. The van der Waals surface area contributed by atoms with Crippen molar-refractivity contribution < 1.29 is 4.79 Å². The minimum atomic E-state index is -0.0445. The van der Waals surface area contributed by atoms with Crippen molar-refractivity contribution >= 4 is 41.5 Å². The molecular weight excluding hydrogens is 423 g/mol. The summed E-state index contributed by atoms with van der Waals surface area (Å²) < 4.78 is 1.76. The summed E-state index contributed by atoms with van der Waals surface area (Å²) in [5.41, 5.74) is 2.10. The molecule has 1 aromatic carbocycles. The van der Waals surface area contributed by atoms with E-state index in [-0.39, 0.29) is 36.8 Å². The van der Waals surface area contributed by atoms with E-state index in [0.717, 1.165) is 35.0 Å². The Labute approximate surface area is 188 Å². The highest BCUT2D eigenvalue weighted by molar-refractivity contribution is 5.94. The van der Waals surface area contributed by atoms with Gasteiger partial charge in [-0.1, -0.05) is 17.3 Å². The average Bonchev–Trinajstić information content (AvgIpc) is 3.27. The summed E-state index contributed by atoms with van der Waals surface area (Å²) in [6.45, 7) is 1.91. The maximum absolute atomic E-state index is 13.2. The lowest BCUT2D eigenvalue weighted by Gasteiger charge is -2.35. The fourth-order valence-electron chi connectivity index (χ4n) is 4.72. The number of halogens is 2. The maximum atomic E-state index is 13.2. The maximum Gasteiger partial charge on any atom is 0.276 e. The molecule has 1 amide bonds. The van der Waals surface area contributed by atoms with Crippen LogP contribution in [0.2, 0.25) is 0 Å². The van der Waals surface area contributed by atoms with Crippen LogP contribution in [0.1, 0.15) is 41.9 Å². The first-order chi connectivity index (χ1) is 13.6. The number of aromatic nitrogens is 4. The van der Waals surface area contributed by atoms with Crippen LogP contribution in [0.25, 0.3) is 16.5 Å². The van der Waals surface area contributed by atoms with Crippen molar-refractivity contribution in [3.8, 4) is 5.69 Å². The van der Waals surface area contributed by atoms with Gasteiger partial charge in [0.05, 0.1) is 11.4 Å². The van der Waals surface area contributed by atoms with Gasteiger partial charge in [-0.3, -0.25) is 9.78 Å². The third kappa shape index (κ3) is 3.77. The summed E-state index contributed by atoms with van der Waals surface area (Å²) >= 11 is 0. The molecule has 1 N–H and O–H groups in total. The monoisotopic (exact) mass is 448 g/mol. The Morgan fingerprint density at radius 1 is 1.17 bits per heavy atom. The number of hydrogen-bond donors (Lipinski definition) is 1. The lowest BCUT2D eigenvalue weighted by atomic mass is 9.98. The SMILES string of the molecule is Cc1c(C(=O)N(C)C2CC3CCC(C2)N3)nnn1-c1cccc2cnccc12.Cl.Cl. The highest BCUT2D eigenvalue weighted by Crippen LogP contribution is 2.30. The summed E-state index contributed by atoms with van der Waals surface area (Å²) in [4.78, 5) is 19.2. The molecule has 0 spiro atoms. The molecule has 4 heterocycles. The van der Waals surface area contributed by atoms with Crippen LogP contribution in [-0.2, 0) is 0 Å². The summed E-state index contributed by atoms with van der Waals surface area (Å²) in [6, 6.07) is 9.29. The number of carbonyl (C=O) groups is 1. The van der Waals surface area contributed by atoms with Crippen LogP contribution < -0.4 is 5.32 Å². The molecule has 2 saturated heterocycles. The fraction of sp³-hybridized carbons (Fsp3) is 0.429. The Bertz CT molecular complexity index is 1040. The normalized spacial score (nSPS) is 22.3. The molecule has 160 valence electrons. The summed E-state index contributed by atoms with van der Waals surface area (Å²) in [5.74, 6) is -0.0445. The second kappa shape index (κ2) is 8.88. The number of pyridine rings is 1. The first-order valence-corrected chi connectivity index (χ1v) is 9.90. The Kier molecular flexibility index (Phi) is 6.65. The summed E-state index contributed by atoms with van der Waals surface area (Å²) in [7, 11) is 1.90. The van der Waals surface area contributed by atoms with Gasteiger partial charge in [0.1, 0.15) is 0 Å². The van der Waals surface area contributed by atoms with Crippen LogP contribution in [0.5, 0.6) is 0 Å². The Balaban J connectivity index is 0.00000128. The van der Waals surface area contributed by atoms with Crippen molar-refractivity contribution in [2.75, 3.05) is 7.05 Å². The molecule has 3 aromatic rings. The van der Waals surface area contributed by atoms with Gasteiger partial charge in [-0.05, 0) is 44.7 Å². The molecule has 0 aliphatic carbocycles. The highest BCUT2D eigenvalue weighted by Gasteiger charge is 2.37. The van der Waals surface area contributed by atoms with E-state index >= 15 is 0 Å². The number of benzene rings is 1. The number of rotatable bonds is 3. The third-order valence-electron chi connectivity index (χ3n) is 6.30. The number of nitrogens with zero attached hydrogens (tertiary/aromatic N) is 5. The van der Waals surface area contributed by atoms with Crippen LogP contribution in [0, 0.1) is 6.92 Å². The van der Waals surface area contributed by atoms with Crippen LogP contribution in [0.15, 0.2) is 36.7 Å². The van der Waals surface area contributed by atoms with Gasteiger partial charge < -0.3 is 10.2 Å². The van der Waals surface area contributed by atoms with Crippen molar-refractivity contribution in [1.29, 1.82) is 0 Å². The summed E-state index contributed by atoms with van der Waals surface area (Å²) in [5, 5.41) is 14.3. The molecule has 2 atom stereocenters. The number of amides is 1. The second-order valence-electron chi connectivity index (χ2n) is 7.99. The zero-order chi connectivity index (χ0) is 19.3. The molecule has 0 radical (unpaired) electrons. The molecular formula is C21H26Cl2N6O. The molecule has 7 nitrogen and oxygen atoms in total. The number of hydrogen-bond acceptors (Lipinski definition) is 5. The number of carbonyl (C=O) groups excluding carboxylic acids is 1. The Morgan fingerprint density at radius 3 is 2.63 bits per heavy atom. The molecule has 2 unspecified atom stereocenters. The molecule has 2 fully saturated rings. The number of fused-ring (bicyclic) bond motifs is 3. The predicted octanol–water partition coefficient (Wildman–Crippen LogP) is 3.32. The van der Waals surface area contributed by atoms with Gasteiger partial charge in [0, 0.05) is 48.3 Å². The first-order valence-electron chi connectivity index (χ1n) is 9.90. The molecule has 2 aliphatic heterocycles. The van der Waals surface area contributed by atoms with Gasteiger partial charge >= 0.3 is 0 Å². The molecule has 30 heavy (non-hydrogen) atoms. The van der Waals surface area contributed by atoms with Crippen LogP contribution in [-0.4, -0.2) is 56.0 Å². The van der Waals surface area contributed by atoms with Crippen LogP contribution in [0.3, 0.4) is 0 Å². The topological polar surface area (TPSA) is 75.9 Å². The molecule has 0 saturated carbocycles. The summed E-state index contributed by atoms with van der Waals surface area (Å²) in [6.07, 6.45) is 8.06. The third-order valence-corrected chi connectivity index (χ3v) is 6.30. The quantitative estimate of drug-likeness (QED) is 0.664. The van der Waals surface area contributed by atoms with Gasteiger partial charge in [0.15, 0.2) is 5.69 Å². The minimum Gasteiger partial charge on any atom is -0.337 e. The molecule has 9 heteroatoms. The van der Waals surface area contributed by atoms with Gasteiger partial charge in [0.2, 0.25) is 0 Å². The highest BCUT2D eigenvalue weighted by atomic mass is 35.5. The first kappa shape index (κ1) is 22.5. The van der Waals surface area contributed by atoms with Gasteiger partial charge in [0.25, 0.3) is 5.91 Å². The molecule has 5 rings (SSSR count). The lowest BCUT2D eigenvalue weighted by Crippen LogP contribution is -2.48. The minimum absolute atomic E-state index is 0.